The molecule has 0 spiro atoms. The lowest BCUT2D eigenvalue weighted by Crippen LogP contribution is -2.15. The number of aromatic carboxylic acids is 1. The van der Waals surface area contributed by atoms with Crippen LogP contribution in [0.15, 0.2) is 41.3 Å². The summed E-state index contributed by atoms with van der Waals surface area (Å²) in [6.07, 6.45) is 0. The van der Waals surface area contributed by atoms with E-state index in [1.54, 1.807) is 19.1 Å². The number of benzene rings is 2. The quantitative estimate of drug-likeness (QED) is 0.894. The molecule has 2 aromatic rings. The van der Waals surface area contributed by atoms with Crippen molar-refractivity contribution in [1.82, 2.24) is 0 Å². The maximum absolute atomic E-state index is 12.3. The maximum Gasteiger partial charge on any atom is 0.335 e. The van der Waals surface area contributed by atoms with Gasteiger partial charge in [-0.25, -0.2) is 13.2 Å². The van der Waals surface area contributed by atoms with Crippen molar-refractivity contribution in [2.24, 2.45) is 0 Å². The largest absolute Gasteiger partial charge is 0.872 e. The van der Waals surface area contributed by atoms with Crippen molar-refractivity contribution in [2.45, 2.75) is 18.7 Å². The van der Waals surface area contributed by atoms with Crippen LogP contribution in [-0.4, -0.2) is 19.5 Å². The van der Waals surface area contributed by atoms with Crippen LogP contribution in [0.25, 0.3) is 0 Å². The summed E-state index contributed by atoms with van der Waals surface area (Å²) in [7, 11) is -3.98. The highest BCUT2D eigenvalue weighted by Gasteiger charge is 2.17. The molecule has 0 atom stereocenters. The second-order valence-electron chi connectivity index (χ2n) is 4.89. The van der Waals surface area contributed by atoms with Gasteiger partial charge in [0.05, 0.1) is 16.1 Å². The summed E-state index contributed by atoms with van der Waals surface area (Å²) in [5.41, 5.74) is 1.43. The SMILES string of the molecule is Cc1ccc(C)c(NS(=O)(=O)c2ccc([O-])c(C(=O)O)c2)c1. The number of aryl methyl sites for hydroxylation is 2. The minimum atomic E-state index is -3.98. The van der Waals surface area contributed by atoms with Crippen LogP contribution in [0.1, 0.15) is 21.5 Å². The Labute approximate surface area is 128 Å². The van der Waals surface area contributed by atoms with Gasteiger partial charge in [-0.2, -0.15) is 0 Å². The highest BCUT2D eigenvalue weighted by atomic mass is 32.2. The molecule has 0 heterocycles. The van der Waals surface area contributed by atoms with Crippen molar-refractivity contribution >= 4 is 21.7 Å². The van der Waals surface area contributed by atoms with Gasteiger partial charge in [-0.3, -0.25) is 4.72 Å². The zero-order chi connectivity index (χ0) is 16.5. The summed E-state index contributed by atoms with van der Waals surface area (Å²) >= 11 is 0. The Kier molecular flexibility index (Phi) is 4.09. The first-order valence-corrected chi connectivity index (χ1v) is 7.83. The molecule has 6 nitrogen and oxygen atoms in total. The fraction of sp³-hybridized carbons (Fsp3) is 0.133. The lowest BCUT2D eigenvalue weighted by Gasteiger charge is -2.14. The number of hydrogen-bond donors (Lipinski definition) is 2. The van der Waals surface area contributed by atoms with Gasteiger partial charge in [0, 0.05) is 0 Å². The van der Waals surface area contributed by atoms with Crippen molar-refractivity contribution in [3.63, 3.8) is 0 Å². The van der Waals surface area contributed by atoms with Crippen LogP contribution in [-0.2, 0) is 10.0 Å². The molecule has 0 saturated carbocycles. The number of carboxylic acid groups (broad SMARTS) is 1. The van der Waals surface area contributed by atoms with E-state index in [2.05, 4.69) is 4.72 Å². The van der Waals surface area contributed by atoms with E-state index in [9.17, 15) is 18.3 Å². The molecule has 2 aromatic carbocycles. The number of hydrogen-bond acceptors (Lipinski definition) is 4. The van der Waals surface area contributed by atoms with Gasteiger partial charge in [-0.1, -0.05) is 23.9 Å². The van der Waals surface area contributed by atoms with Crippen LogP contribution >= 0.6 is 0 Å². The van der Waals surface area contributed by atoms with Crippen molar-refractivity contribution in [3.8, 4) is 5.75 Å². The maximum atomic E-state index is 12.3. The molecule has 2 N–H and O–H groups in total. The first-order valence-electron chi connectivity index (χ1n) is 6.35. The number of sulfonamides is 1. The van der Waals surface area contributed by atoms with E-state index in [-0.39, 0.29) is 4.90 Å². The van der Waals surface area contributed by atoms with Gasteiger partial charge in [0.2, 0.25) is 0 Å². The molecule has 0 aliphatic heterocycles. The average molecular weight is 320 g/mol. The van der Waals surface area contributed by atoms with E-state index in [1.807, 2.05) is 13.0 Å². The van der Waals surface area contributed by atoms with E-state index in [4.69, 9.17) is 5.11 Å². The van der Waals surface area contributed by atoms with E-state index in [0.717, 1.165) is 29.3 Å². The third-order valence-corrected chi connectivity index (χ3v) is 4.49. The Balaban J connectivity index is 2.45. The Morgan fingerprint density at radius 3 is 2.45 bits per heavy atom. The van der Waals surface area contributed by atoms with Gasteiger partial charge in [0.25, 0.3) is 10.0 Å². The summed E-state index contributed by atoms with van der Waals surface area (Å²) in [5, 5.41) is 20.3. The van der Waals surface area contributed by atoms with Gasteiger partial charge in [0.15, 0.2) is 0 Å². The van der Waals surface area contributed by atoms with Crippen LogP contribution < -0.4 is 9.83 Å². The highest BCUT2D eigenvalue weighted by Crippen LogP contribution is 2.23. The average Bonchev–Trinajstić information content (AvgIpc) is 2.42. The van der Waals surface area contributed by atoms with Gasteiger partial charge in [-0.15, -0.1) is 0 Å². The Hall–Kier alpha value is -2.54. The number of rotatable bonds is 4. The van der Waals surface area contributed by atoms with Crippen molar-refractivity contribution in [3.05, 3.63) is 53.1 Å². The standard InChI is InChI=1S/C15H15NO5S/c1-9-3-4-10(2)13(7-9)16-22(20,21)11-5-6-14(17)12(8-11)15(18)19/h3-8,16-17H,1-2H3,(H,18,19)/p-1. The van der Waals surface area contributed by atoms with E-state index in [1.165, 1.54) is 0 Å². The fourth-order valence-corrected chi connectivity index (χ4v) is 3.04. The summed E-state index contributed by atoms with van der Waals surface area (Å²) in [6.45, 7) is 3.58. The summed E-state index contributed by atoms with van der Waals surface area (Å²) in [4.78, 5) is 10.7. The molecule has 0 fully saturated rings. The van der Waals surface area contributed by atoms with Crippen LogP contribution in [0, 0.1) is 13.8 Å². The van der Waals surface area contributed by atoms with E-state index in [0.29, 0.717) is 5.69 Å². The molecular weight excluding hydrogens is 306 g/mol. The monoisotopic (exact) mass is 320 g/mol. The Morgan fingerprint density at radius 1 is 1.14 bits per heavy atom. The number of carbonyl (C=O) groups is 1. The molecule has 22 heavy (non-hydrogen) atoms. The molecule has 0 amide bonds. The Bertz CT molecular complexity index is 843. The predicted molar refractivity (Wildman–Crippen MR) is 79.6 cm³/mol. The molecule has 0 radical (unpaired) electrons. The first-order chi connectivity index (χ1) is 10.2. The van der Waals surface area contributed by atoms with E-state index >= 15 is 0 Å². The van der Waals surface area contributed by atoms with Crippen molar-refractivity contribution < 1.29 is 23.4 Å². The number of carboxylic acids is 1. The van der Waals surface area contributed by atoms with Crippen molar-refractivity contribution in [2.75, 3.05) is 4.72 Å². The summed E-state index contributed by atoms with van der Waals surface area (Å²) < 4.78 is 27.1. The van der Waals surface area contributed by atoms with E-state index < -0.39 is 27.3 Å². The third kappa shape index (κ3) is 3.20. The zero-order valence-corrected chi connectivity index (χ0v) is 12.8. The molecule has 0 bridgehead atoms. The van der Waals surface area contributed by atoms with Crippen molar-refractivity contribution in [1.29, 1.82) is 0 Å². The summed E-state index contributed by atoms with van der Waals surface area (Å²) in [5.74, 6) is -2.20. The van der Waals surface area contributed by atoms with Gasteiger partial charge < -0.3 is 10.2 Å². The second kappa shape index (κ2) is 5.69. The molecule has 116 valence electrons. The predicted octanol–water partition coefficient (Wildman–Crippen LogP) is 1.88. The Morgan fingerprint density at radius 2 is 1.82 bits per heavy atom. The highest BCUT2D eigenvalue weighted by molar-refractivity contribution is 7.92. The number of nitrogens with one attached hydrogen (secondary N) is 1. The second-order valence-corrected chi connectivity index (χ2v) is 6.57. The summed E-state index contributed by atoms with van der Waals surface area (Å²) in [6, 6.07) is 8.17. The molecule has 0 unspecified atom stereocenters. The molecule has 0 aromatic heterocycles. The van der Waals surface area contributed by atoms with Crippen LogP contribution in [0.4, 0.5) is 5.69 Å². The smallest absolute Gasteiger partial charge is 0.335 e. The lowest BCUT2D eigenvalue weighted by molar-refractivity contribution is -0.268. The topological polar surface area (TPSA) is 107 Å². The van der Waals surface area contributed by atoms with Gasteiger partial charge in [0.1, 0.15) is 0 Å². The fourth-order valence-electron chi connectivity index (χ4n) is 1.89. The molecule has 0 aliphatic carbocycles. The molecule has 2 rings (SSSR count). The zero-order valence-electron chi connectivity index (χ0n) is 12.0. The normalized spacial score (nSPS) is 11.2. The van der Waals surface area contributed by atoms with Crippen LogP contribution in [0.3, 0.4) is 0 Å². The van der Waals surface area contributed by atoms with Gasteiger partial charge >= 0.3 is 5.97 Å². The van der Waals surface area contributed by atoms with Crippen LogP contribution in [0.5, 0.6) is 5.75 Å². The molecule has 0 aliphatic rings. The first kappa shape index (κ1) is 15.8. The molecule has 0 saturated heterocycles. The third-order valence-electron chi connectivity index (χ3n) is 3.13. The number of anilines is 1. The van der Waals surface area contributed by atoms with Crippen LogP contribution in [0.2, 0.25) is 0 Å². The minimum Gasteiger partial charge on any atom is -0.872 e. The molecular formula is C15H14NO5S-. The molecule has 7 heteroatoms. The lowest BCUT2D eigenvalue weighted by atomic mass is 10.1. The van der Waals surface area contributed by atoms with Gasteiger partial charge in [-0.05, 0) is 43.2 Å². The minimum absolute atomic E-state index is 0.273.